The predicted molar refractivity (Wildman–Crippen MR) is 77.8 cm³/mol. The third-order valence-corrected chi connectivity index (χ3v) is 3.31. The highest BCUT2D eigenvalue weighted by atomic mass is 19.1. The first-order chi connectivity index (χ1) is 10.4. The highest BCUT2D eigenvalue weighted by Crippen LogP contribution is 2.22. The van der Waals surface area contributed by atoms with Crippen molar-refractivity contribution in [3.8, 4) is 0 Å². The van der Waals surface area contributed by atoms with Gasteiger partial charge in [-0.05, 0) is 35.7 Å². The lowest BCUT2D eigenvalue weighted by molar-refractivity contribution is 0.0924. The van der Waals surface area contributed by atoms with Gasteiger partial charge in [-0.1, -0.05) is 26.0 Å². The van der Waals surface area contributed by atoms with Crippen LogP contribution >= 0.6 is 0 Å². The van der Waals surface area contributed by atoms with E-state index in [1.165, 1.54) is 12.1 Å². The van der Waals surface area contributed by atoms with Crippen molar-refractivity contribution in [3.63, 3.8) is 0 Å². The summed E-state index contributed by atoms with van der Waals surface area (Å²) in [4.78, 5) is 12.2. The molecule has 0 heterocycles. The zero-order valence-electron chi connectivity index (χ0n) is 12.2. The minimum atomic E-state index is -0.812. The Morgan fingerprint density at radius 3 is 1.95 bits per heavy atom. The quantitative estimate of drug-likeness (QED) is 0.900. The largest absolute Gasteiger partial charge is 0.345 e. The molecular formula is C17H16F3NO. The molecule has 0 aromatic heterocycles. The van der Waals surface area contributed by atoms with Gasteiger partial charge in [-0.2, -0.15) is 0 Å². The number of halogens is 3. The molecule has 116 valence electrons. The summed E-state index contributed by atoms with van der Waals surface area (Å²) in [7, 11) is 0. The van der Waals surface area contributed by atoms with Crippen LogP contribution in [0.4, 0.5) is 13.2 Å². The van der Waals surface area contributed by atoms with E-state index in [4.69, 9.17) is 0 Å². The molecule has 1 amide bonds. The molecule has 0 fully saturated rings. The van der Waals surface area contributed by atoms with E-state index in [-0.39, 0.29) is 23.3 Å². The van der Waals surface area contributed by atoms with E-state index in [1.807, 2.05) is 13.8 Å². The molecule has 5 heteroatoms. The van der Waals surface area contributed by atoms with Crippen LogP contribution in [0.3, 0.4) is 0 Å². The molecule has 0 unspecified atom stereocenters. The third kappa shape index (κ3) is 3.87. The molecule has 1 N–H and O–H groups in total. The van der Waals surface area contributed by atoms with Crippen LogP contribution in [-0.4, -0.2) is 5.91 Å². The predicted octanol–water partition coefficient (Wildman–Crippen LogP) is 4.23. The van der Waals surface area contributed by atoms with Crippen molar-refractivity contribution in [2.45, 2.75) is 19.9 Å². The summed E-state index contributed by atoms with van der Waals surface area (Å²) in [6.45, 7) is 3.78. The minimum absolute atomic E-state index is 0.0211. The summed E-state index contributed by atoms with van der Waals surface area (Å²) >= 11 is 0. The highest BCUT2D eigenvalue weighted by molar-refractivity contribution is 5.94. The Hall–Kier alpha value is -2.30. The zero-order valence-corrected chi connectivity index (χ0v) is 12.2. The van der Waals surface area contributed by atoms with Gasteiger partial charge < -0.3 is 5.32 Å². The maximum absolute atomic E-state index is 13.2. The van der Waals surface area contributed by atoms with Crippen molar-refractivity contribution >= 4 is 5.91 Å². The van der Waals surface area contributed by atoms with Crippen LogP contribution in [0.15, 0.2) is 42.5 Å². The van der Waals surface area contributed by atoms with Gasteiger partial charge in [-0.15, -0.1) is 0 Å². The molecule has 0 spiro atoms. The van der Waals surface area contributed by atoms with Gasteiger partial charge in [0.05, 0.1) is 6.04 Å². The number of rotatable bonds is 4. The van der Waals surface area contributed by atoms with Gasteiger partial charge >= 0.3 is 0 Å². The van der Waals surface area contributed by atoms with Crippen LogP contribution in [0.2, 0.25) is 0 Å². The van der Waals surface area contributed by atoms with E-state index >= 15 is 0 Å². The van der Waals surface area contributed by atoms with Crippen molar-refractivity contribution in [2.75, 3.05) is 0 Å². The maximum Gasteiger partial charge on any atom is 0.251 e. The van der Waals surface area contributed by atoms with E-state index in [1.54, 1.807) is 12.1 Å². The van der Waals surface area contributed by atoms with Crippen molar-refractivity contribution < 1.29 is 18.0 Å². The topological polar surface area (TPSA) is 29.1 Å². The van der Waals surface area contributed by atoms with Gasteiger partial charge in [0.2, 0.25) is 0 Å². The summed E-state index contributed by atoms with van der Waals surface area (Å²) in [6.07, 6.45) is 0. The van der Waals surface area contributed by atoms with Crippen LogP contribution in [0.25, 0.3) is 0 Å². The van der Waals surface area contributed by atoms with Gasteiger partial charge in [0.15, 0.2) is 0 Å². The third-order valence-electron chi connectivity index (χ3n) is 3.31. The number of amides is 1. The monoisotopic (exact) mass is 307 g/mol. The number of hydrogen-bond acceptors (Lipinski definition) is 1. The number of carbonyl (C=O) groups is 1. The minimum Gasteiger partial charge on any atom is -0.345 e. The second-order valence-corrected chi connectivity index (χ2v) is 5.40. The van der Waals surface area contributed by atoms with Gasteiger partial charge in [-0.25, -0.2) is 13.2 Å². The molecular weight excluding hydrogens is 291 g/mol. The zero-order chi connectivity index (χ0) is 16.3. The van der Waals surface area contributed by atoms with E-state index < -0.39 is 17.5 Å². The van der Waals surface area contributed by atoms with E-state index in [2.05, 4.69) is 5.32 Å². The smallest absolute Gasteiger partial charge is 0.251 e. The Bertz CT molecular complexity index is 648. The van der Waals surface area contributed by atoms with Crippen molar-refractivity contribution in [1.82, 2.24) is 5.32 Å². The average Bonchev–Trinajstić information content (AvgIpc) is 2.44. The highest BCUT2D eigenvalue weighted by Gasteiger charge is 2.20. The molecule has 0 bridgehead atoms. The second-order valence-electron chi connectivity index (χ2n) is 5.40. The standard InChI is InChI=1S/C17H16F3NO/c1-10(2)16(11-3-5-13(18)6-4-11)21-17(22)12-7-14(19)9-15(20)8-12/h3-10,16H,1-2H3,(H,21,22)/t16-/m0/s1. The molecule has 0 saturated carbocycles. The lowest BCUT2D eigenvalue weighted by atomic mass is 9.95. The average molecular weight is 307 g/mol. The number of hydrogen-bond donors (Lipinski definition) is 1. The Kier molecular flexibility index (Phi) is 4.85. The lowest BCUT2D eigenvalue weighted by Crippen LogP contribution is -2.31. The normalized spacial score (nSPS) is 12.3. The number of benzene rings is 2. The molecule has 0 radical (unpaired) electrons. The molecule has 2 nitrogen and oxygen atoms in total. The lowest BCUT2D eigenvalue weighted by Gasteiger charge is -2.23. The van der Waals surface area contributed by atoms with Crippen molar-refractivity contribution in [2.24, 2.45) is 5.92 Å². The second kappa shape index (κ2) is 6.64. The van der Waals surface area contributed by atoms with E-state index in [0.717, 1.165) is 17.7 Å². The molecule has 0 aliphatic heterocycles. The molecule has 0 saturated heterocycles. The summed E-state index contributed by atoms with van der Waals surface area (Å²) in [5.74, 6) is -2.56. The fourth-order valence-electron chi connectivity index (χ4n) is 2.21. The summed E-state index contributed by atoms with van der Waals surface area (Å²) in [6, 6.07) is 8.02. The van der Waals surface area contributed by atoms with Gasteiger partial charge in [0.1, 0.15) is 17.5 Å². The first-order valence-corrected chi connectivity index (χ1v) is 6.89. The fourth-order valence-corrected chi connectivity index (χ4v) is 2.21. The fraction of sp³-hybridized carbons (Fsp3) is 0.235. The van der Waals surface area contributed by atoms with Gasteiger partial charge in [-0.3, -0.25) is 4.79 Å². The molecule has 2 aromatic rings. The Morgan fingerprint density at radius 2 is 1.45 bits per heavy atom. The first-order valence-electron chi connectivity index (χ1n) is 6.89. The summed E-state index contributed by atoms with van der Waals surface area (Å²) in [5.41, 5.74) is 0.631. The van der Waals surface area contributed by atoms with Gasteiger partial charge in [0, 0.05) is 11.6 Å². The molecule has 22 heavy (non-hydrogen) atoms. The van der Waals surface area contributed by atoms with Crippen LogP contribution in [0, 0.1) is 23.4 Å². The van der Waals surface area contributed by atoms with Crippen molar-refractivity contribution in [1.29, 1.82) is 0 Å². The molecule has 2 rings (SSSR count). The Labute approximate surface area is 127 Å². The first kappa shape index (κ1) is 16.1. The summed E-state index contributed by atoms with van der Waals surface area (Å²) in [5, 5.41) is 2.73. The number of nitrogens with one attached hydrogen (secondary N) is 1. The number of carbonyl (C=O) groups excluding carboxylic acids is 1. The van der Waals surface area contributed by atoms with Crippen molar-refractivity contribution in [3.05, 3.63) is 71.0 Å². The van der Waals surface area contributed by atoms with Gasteiger partial charge in [0.25, 0.3) is 5.91 Å². The Morgan fingerprint density at radius 1 is 0.909 bits per heavy atom. The van der Waals surface area contributed by atoms with Crippen LogP contribution in [0.1, 0.15) is 35.8 Å². The molecule has 1 atom stereocenters. The molecule has 0 aliphatic rings. The summed E-state index contributed by atoms with van der Waals surface area (Å²) < 4.78 is 39.4. The van der Waals surface area contributed by atoms with E-state index in [0.29, 0.717) is 6.07 Å². The Balaban J connectivity index is 2.24. The van der Waals surface area contributed by atoms with Crippen LogP contribution in [0.5, 0.6) is 0 Å². The maximum atomic E-state index is 13.2. The van der Waals surface area contributed by atoms with E-state index in [9.17, 15) is 18.0 Å². The SMILES string of the molecule is CC(C)[C@H](NC(=O)c1cc(F)cc(F)c1)c1ccc(F)cc1. The molecule has 0 aliphatic carbocycles. The van der Waals surface area contributed by atoms with Crippen LogP contribution < -0.4 is 5.32 Å². The van der Waals surface area contributed by atoms with Crippen LogP contribution in [-0.2, 0) is 0 Å². The molecule has 2 aromatic carbocycles.